The molecule has 28 heavy (non-hydrogen) atoms. The van der Waals surface area contributed by atoms with Gasteiger partial charge in [-0.2, -0.15) is 0 Å². The van der Waals surface area contributed by atoms with E-state index in [2.05, 4.69) is 11.4 Å². The van der Waals surface area contributed by atoms with Crippen molar-refractivity contribution in [3.05, 3.63) is 59.7 Å². The van der Waals surface area contributed by atoms with Gasteiger partial charge in [0.25, 0.3) is 5.91 Å². The van der Waals surface area contributed by atoms with Crippen LogP contribution in [0.2, 0.25) is 0 Å². The molecule has 0 radical (unpaired) electrons. The molecular formula is C22H26ClN3O2. The number of nitrogens with one attached hydrogen (secondary N) is 1. The molecule has 2 aromatic rings. The van der Waals surface area contributed by atoms with Crippen molar-refractivity contribution in [2.75, 3.05) is 16.8 Å². The highest BCUT2D eigenvalue weighted by atomic mass is 35.5. The van der Waals surface area contributed by atoms with Crippen LogP contribution in [0.15, 0.2) is 48.5 Å². The van der Waals surface area contributed by atoms with Gasteiger partial charge in [0.15, 0.2) is 0 Å². The number of benzene rings is 2. The summed E-state index contributed by atoms with van der Waals surface area (Å²) in [6, 6.07) is 15.3. The van der Waals surface area contributed by atoms with Gasteiger partial charge in [0.05, 0.1) is 0 Å². The number of hydrogen-bond acceptors (Lipinski definition) is 3. The van der Waals surface area contributed by atoms with E-state index in [1.807, 2.05) is 35.2 Å². The number of para-hydroxylation sites is 1. The summed E-state index contributed by atoms with van der Waals surface area (Å²) in [6.45, 7) is 0.689. The minimum atomic E-state index is -0.0338. The lowest BCUT2D eigenvalue weighted by Crippen LogP contribution is -2.29. The summed E-state index contributed by atoms with van der Waals surface area (Å²) in [5.74, 6) is 0.193. The Morgan fingerprint density at radius 1 is 1.11 bits per heavy atom. The third-order valence-electron chi connectivity index (χ3n) is 5.69. The molecule has 4 rings (SSSR count). The molecule has 0 spiro atoms. The van der Waals surface area contributed by atoms with Crippen LogP contribution in [0, 0.1) is 5.92 Å². The van der Waals surface area contributed by atoms with Crippen molar-refractivity contribution < 1.29 is 9.59 Å². The third kappa shape index (κ3) is 4.21. The highest BCUT2D eigenvalue weighted by Gasteiger charge is 2.27. The monoisotopic (exact) mass is 399 g/mol. The minimum absolute atomic E-state index is 0. The highest BCUT2D eigenvalue weighted by Crippen LogP contribution is 2.30. The fourth-order valence-corrected chi connectivity index (χ4v) is 4.20. The molecule has 2 aromatic carbocycles. The first-order chi connectivity index (χ1) is 13.1. The van der Waals surface area contributed by atoms with Crippen molar-refractivity contribution >= 4 is 35.6 Å². The van der Waals surface area contributed by atoms with E-state index in [1.165, 1.54) is 5.56 Å². The van der Waals surface area contributed by atoms with Crippen molar-refractivity contribution in [1.29, 1.82) is 0 Å². The molecule has 1 saturated carbocycles. The van der Waals surface area contributed by atoms with E-state index in [0.29, 0.717) is 24.2 Å². The zero-order chi connectivity index (χ0) is 18.8. The molecular weight excluding hydrogens is 374 g/mol. The smallest absolute Gasteiger partial charge is 0.258 e. The molecule has 6 heteroatoms. The standard InChI is InChI=1S/C22H25N3O2.ClH/c23-19-9-4-6-16(19)14-21(26)24-18-8-3-7-17(13-18)22(27)25-12-11-15-5-1-2-10-20(15)25;/h1-3,5,7-8,10,13,16,19H,4,6,9,11-12,14,23H2,(H,24,26);1H/t16-,19+;/m0./s1. The van der Waals surface area contributed by atoms with Crippen LogP contribution in [0.5, 0.6) is 0 Å². The SMILES string of the molecule is Cl.N[C@@H]1CCC[C@H]1CC(=O)Nc1cccc(C(=O)N2CCc3ccccc32)c1. The van der Waals surface area contributed by atoms with Crippen LogP contribution in [0.25, 0.3) is 0 Å². The Balaban J connectivity index is 0.00000225. The molecule has 1 aliphatic heterocycles. The number of nitrogens with zero attached hydrogens (tertiary/aromatic N) is 1. The molecule has 1 aliphatic carbocycles. The fourth-order valence-electron chi connectivity index (χ4n) is 4.20. The zero-order valence-corrected chi connectivity index (χ0v) is 16.6. The van der Waals surface area contributed by atoms with Crippen LogP contribution in [0.3, 0.4) is 0 Å². The van der Waals surface area contributed by atoms with Crippen LogP contribution in [-0.2, 0) is 11.2 Å². The molecule has 0 bridgehead atoms. The Hall–Kier alpha value is -2.37. The van der Waals surface area contributed by atoms with Gasteiger partial charge in [-0.25, -0.2) is 0 Å². The third-order valence-corrected chi connectivity index (χ3v) is 5.69. The zero-order valence-electron chi connectivity index (χ0n) is 15.8. The number of fused-ring (bicyclic) bond motifs is 1. The summed E-state index contributed by atoms with van der Waals surface area (Å²) >= 11 is 0. The summed E-state index contributed by atoms with van der Waals surface area (Å²) in [5.41, 5.74) is 9.48. The van der Waals surface area contributed by atoms with Gasteiger partial charge >= 0.3 is 0 Å². The Morgan fingerprint density at radius 2 is 1.93 bits per heavy atom. The van der Waals surface area contributed by atoms with Gasteiger partial charge in [-0.3, -0.25) is 9.59 Å². The number of amides is 2. The minimum Gasteiger partial charge on any atom is -0.327 e. The second kappa shape index (κ2) is 8.76. The number of nitrogens with two attached hydrogens (primary N) is 1. The maximum Gasteiger partial charge on any atom is 0.258 e. The van der Waals surface area contributed by atoms with Crippen LogP contribution < -0.4 is 16.0 Å². The van der Waals surface area contributed by atoms with Gasteiger partial charge in [-0.15, -0.1) is 12.4 Å². The molecule has 2 amide bonds. The first-order valence-electron chi connectivity index (χ1n) is 9.67. The number of carbonyl (C=O) groups is 2. The van der Waals surface area contributed by atoms with Gasteiger partial charge in [0, 0.05) is 35.9 Å². The summed E-state index contributed by atoms with van der Waals surface area (Å²) in [4.78, 5) is 27.1. The molecule has 0 saturated heterocycles. The van der Waals surface area contributed by atoms with E-state index in [0.717, 1.165) is 31.4 Å². The fraction of sp³-hybridized carbons (Fsp3) is 0.364. The summed E-state index contributed by atoms with van der Waals surface area (Å²) in [5, 5.41) is 2.93. The predicted octanol–water partition coefficient (Wildman–Crippen LogP) is 3.77. The Labute approximate surface area is 171 Å². The molecule has 2 atom stereocenters. The summed E-state index contributed by atoms with van der Waals surface area (Å²) in [7, 11) is 0. The molecule has 148 valence electrons. The first-order valence-corrected chi connectivity index (χ1v) is 9.67. The van der Waals surface area contributed by atoms with Gasteiger partial charge in [-0.05, 0) is 55.0 Å². The van der Waals surface area contributed by atoms with Crippen LogP contribution in [-0.4, -0.2) is 24.4 Å². The van der Waals surface area contributed by atoms with Gasteiger partial charge in [0.2, 0.25) is 5.91 Å². The molecule has 0 unspecified atom stereocenters. The number of halogens is 1. The second-order valence-corrected chi connectivity index (χ2v) is 7.52. The van der Waals surface area contributed by atoms with Gasteiger partial charge < -0.3 is 16.0 Å². The van der Waals surface area contributed by atoms with Crippen LogP contribution >= 0.6 is 12.4 Å². The molecule has 2 aliphatic rings. The number of rotatable bonds is 4. The quantitative estimate of drug-likeness (QED) is 0.821. The van der Waals surface area contributed by atoms with Crippen LogP contribution in [0.4, 0.5) is 11.4 Å². The average Bonchev–Trinajstić information content (AvgIpc) is 3.28. The lowest BCUT2D eigenvalue weighted by Gasteiger charge is -2.18. The van der Waals surface area contributed by atoms with E-state index < -0.39 is 0 Å². The van der Waals surface area contributed by atoms with Crippen molar-refractivity contribution in [2.24, 2.45) is 11.7 Å². The Bertz CT molecular complexity index is 870. The van der Waals surface area contributed by atoms with E-state index >= 15 is 0 Å². The Morgan fingerprint density at radius 3 is 2.71 bits per heavy atom. The van der Waals surface area contributed by atoms with E-state index in [-0.39, 0.29) is 36.2 Å². The van der Waals surface area contributed by atoms with E-state index in [1.54, 1.807) is 12.1 Å². The Kier molecular flexibility index (Phi) is 6.37. The summed E-state index contributed by atoms with van der Waals surface area (Å²) in [6.07, 6.45) is 4.43. The topological polar surface area (TPSA) is 75.4 Å². The first kappa shape index (κ1) is 20.4. The molecule has 3 N–H and O–H groups in total. The maximum absolute atomic E-state index is 13.0. The molecule has 0 aromatic heterocycles. The predicted molar refractivity (Wildman–Crippen MR) is 114 cm³/mol. The van der Waals surface area contributed by atoms with Crippen molar-refractivity contribution in [1.82, 2.24) is 0 Å². The largest absolute Gasteiger partial charge is 0.327 e. The van der Waals surface area contributed by atoms with Crippen molar-refractivity contribution in [2.45, 2.75) is 38.1 Å². The second-order valence-electron chi connectivity index (χ2n) is 7.52. The van der Waals surface area contributed by atoms with Crippen molar-refractivity contribution in [3.63, 3.8) is 0 Å². The lowest BCUT2D eigenvalue weighted by atomic mass is 10.00. The molecule has 1 fully saturated rings. The van der Waals surface area contributed by atoms with E-state index in [9.17, 15) is 9.59 Å². The van der Waals surface area contributed by atoms with E-state index in [4.69, 9.17) is 5.73 Å². The highest BCUT2D eigenvalue weighted by molar-refractivity contribution is 6.08. The summed E-state index contributed by atoms with van der Waals surface area (Å²) < 4.78 is 0. The molecule has 1 heterocycles. The number of hydrogen-bond donors (Lipinski definition) is 2. The number of carbonyl (C=O) groups excluding carboxylic acids is 2. The van der Waals surface area contributed by atoms with Gasteiger partial charge in [0.1, 0.15) is 0 Å². The van der Waals surface area contributed by atoms with Crippen LogP contribution in [0.1, 0.15) is 41.6 Å². The number of anilines is 2. The lowest BCUT2D eigenvalue weighted by molar-refractivity contribution is -0.117. The average molecular weight is 400 g/mol. The van der Waals surface area contributed by atoms with Gasteiger partial charge in [-0.1, -0.05) is 30.7 Å². The molecule has 5 nitrogen and oxygen atoms in total. The van der Waals surface area contributed by atoms with Crippen molar-refractivity contribution in [3.8, 4) is 0 Å². The maximum atomic E-state index is 13.0. The normalized spacial score (nSPS) is 20.4.